The van der Waals surface area contributed by atoms with Crippen molar-refractivity contribution in [3.05, 3.63) is 66.2 Å². The molecule has 0 fully saturated rings. The van der Waals surface area contributed by atoms with Crippen LogP contribution in [-0.4, -0.2) is 9.55 Å². The molecule has 86 valence electrons. The second kappa shape index (κ2) is 4.34. The van der Waals surface area contributed by atoms with E-state index in [1.807, 2.05) is 29.0 Å². The average Bonchev–Trinajstić information content (AvgIpc) is 2.90. The van der Waals surface area contributed by atoms with Crippen molar-refractivity contribution in [1.29, 1.82) is 5.26 Å². The molecule has 1 heterocycles. The minimum atomic E-state index is 0.697. The zero-order valence-corrected chi connectivity index (χ0v) is 9.74. The molecule has 0 spiro atoms. The summed E-state index contributed by atoms with van der Waals surface area (Å²) in [7, 11) is 0. The second-order valence-corrected chi connectivity index (χ2v) is 4.24. The van der Waals surface area contributed by atoms with Gasteiger partial charge in [-0.2, -0.15) is 5.26 Å². The van der Waals surface area contributed by atoms with Crippen molar-refractivity contribution in [3.63, 3.8) is 0 Å². The molecule has 3 aromatic rings. The average molecular weight is 233 g/mol. The SMILES string of the molecule is N#Cc1ccc2ccc(Cn3ccnc3)cc2c1. The number of nitrogens with zero attached hydrogens (tertiary/aromatic N) is 3. The summed E-state index contributed by atoms with van der Waals surface area (Å²) in [5.74, 6) is 0. The number of imidazole rings is 1. The summed E-state index contributed by atoms with van der Waals surface area (Å²) in [5, 5.41) is 11.2. The van der Waals surface area contributed by atoms with Crippen LogP contribution in [-0.2, 0) is 6.54 Å². The van der Waals surface area contributed by atoms with Gasteiger partial charge in [0.1, 0.15) is 0 Å². The molecule has 0 saturated carbocycles. The molecule has 3 rings (SSSR count). The van der Waals surface area contributed by atoms with Crippen LogP contribution in [0.25, 0.3) is 10.8 Å². The Labute approximate surface area is 105 Å². The fourth-order valence-electron chi connectivity index (χ4n) is 2.06. The third kappa shape index (κ3) is 1.96. The standard InChI is InChI=1S/C15H11N3/c16-9-12-1-3-14-4-2-13(8-15(14)7-12)10-18-6-5-17-11-18/h1-8,11H,10H2. The Kier molecular flexibility index (Phi) is 2.54. The molecule has 2 aromatic carbocycles. The van der Waals surface area contributed by atoms with Gasteiger partial charge in [0.2, 0.25) is 0 Å². The molecule has 18 heavy (non-hydrogen) atoms. The highest BCUT2D eigenvalue weighted by Gasteiger charge is 1.99. The summed E-state index contributed by atoms with van der Waals surface area (Å²) in [4.78, 5) is 4.03. The third-order valence-electron chi connectivity index (χ3n) is 2.96. The number of fused-ring (bicyclic) bond motifs is 1. The summed E-state index contributed by atoms with van der Waals surface area (Å²) < 4.78 is 2.02. The van der Waals surface area contributed by atoms with Gasteiger partial charge in [0, 0.05) is 18.9 Å². The van der Waals surface area contributed by atoms with Crippen molar-refractivity contribution in [2.45, 2.75) is 6.54 Å². The lowest BCUT2D eigenvalue weighted by Crippen LogP contribution is -1.95. The van der Waals surface area contributed by atoms with Crippen LogP contribution in [0.3, 0.4) is 0 Å². The molecule has 0 bridgehead atoms. The summed E-state index contributed by atoms with van der Waals surface area (Å²) >= 11 is 0. The lowest BCUT2D eigenvalue weighted by Gasteiger charge is -2.05. The molecule has 1 aromatic heterocycles. The number of nitriles is 1. The van der Waals surface area contributed by atoms with E-state index in [0.717, 1.165) is 17.3 Å². The van der Waals surface area contributed by atoms with E-state index in [1.54, 1.807) is 12.5 Å². The molecular formula is C15H11N3. The first kappa shape index (κ1) is 10.5. The van der Waals surface area contributed by atoms with Gasteiger partial charge in [0.15, 0.2) is 0 Å². The Balaban J connectivity index is 2.02. The first-order valence-electron chi connectivity index (χ1n) is 5.74. The van der Waals surface area contributed by atoms with E-state index in [1.165, 1.54) is 5.56 Å². The van der Waals surface area contributed by atoms with Crippen LogP contribution in [0.4, 0.5) is 0 Å². The van der Waals surface area contributed by atoms with E-state index in [4.69, 9.17) is 5.26 Å². The largest absolute Gasteiger partial charge is 0.333 e. The molecule has 0 saturated heterocycles. The van der Waals surface area contributed by atoms with Crippen molar-refractivity contribution in [1.82, 2.24) is 9.55 Å². The predicted molar refractivity (Wildman–Crippen MR) is 70.0 cm³/mol. The van der Waals surface area contributed by atoms with Gasteiger partial charge < -0.3 is 4.57 Å². The number of rotatable bonds is 2. The van der Waals surface area contributed by atoms with Gasteiger partial charge in [0.05, 0.1) is 18.0 Å². The quantitative estimate of drug-likeness (QED) is 0.682. The van der Waals surface area contributed by atoms with Crippen LogP contribution in [0.2, 0.25) is 0 Å². The minimum Gasteiger partial charge on any atom is -0.333 e. The van der Waals surface area contributed by atoms with Crippen LogP contribution in [0.5, 0.6) is 0 Å². The molecule has 0 aliphatic rings. The lowest BCUT2D eigenvalue weighted by atomic mass is 10.0. The minimum absolute atomic E-state index is 0.697. The summed E-state index contributed by atoms with van der Waals surface area (Å²) in [6.45, 7) is 0.798. The number of hydrogen-bond acceptors (Lipinski definition) is 2. The van der Waals surface area contributed by atoms with Crippen LogP contribution < -0.4 is 0 Å². The fraction of sp³-hybridized carbons (Fsp3) is 0.0667. The lowest BCUT2D eigenvalue weighted by molar-refractivity contribution is 0.798. The van der Waals surface area contributed by atoms with Crippen LogP contribution in [0.1, 0.15) is 11.1 Å². The monoisotopic (exact) mass is 233 g/mol. The normalized spacial score (nSPS) is 10.4. The molecule has 3 heteroatoms. The Morgan fingerprint density at radius 3 is 2.78 bits per heavy atom. The highest BCUT2D eigenvalue weighted by atomic mass is 15.0. The van der Waals surface area contributed by atoms with Gasteiger partial charge in [-0.15, -0.1) is 0 Å². The zero-order valence-electron chi connectivity index (χ0n) is 9.74. The molecule has 0 radical (unpaired) electrons. The maximum Gasteiger partial charge on any atom is 0.0991 e. The van der Waals surface area contributed by atoms with E-state index in [9.17, 15) is 0 Å². The Morgan fingerprint density at radius 1 is 1.11 bits per heavy atom. The number of benzene rings is 2. The predicted octanol–water partition coefficient (Wildman–Crippen LogP) is 2.96. The summed E-state index contributed by atoms with van der Waals surface area (Å²) in [6.07, 6.45) is 5.51. The number of hydrogen-bond donors (Lipinski definition) is 0. The Hall–Kier alpha value is -2.60. The first-order valence-corrected chi connectivity index (χ1v) is 5.74. The molecule has 0 atom stereocenters. The van der Waals surface area contributed by atoms with Crippen LogP contribution in [0.15, 0.2) is 55.1 Å². The maximum absolute atomic E-state index is 8.91. The number of aromatic nitrogens is 2. The maximum atomic E-state index is 8.91. The molecule has 0 aliphatic heterocycles. The van der Waals surface area contributed by atoms with Crippen LogP contribution in [0, 0.1) is 11.3 Å². The van der Waals surface area contributed by atoms with E-state index < -0.39 is 0 Å². The van der Waals surface area contributed by atoms with E-state index in [-0.39, 0.29) is 0 Å². The van der Waals surface area contributed by atoms with Gasteiger partial charge in [-0.1, -0.05) is 18.2 Å². The molecule has 3 nitrogen and oxygen atoms in total. The fourth-order valence-corrected chi connectivity index (χ4v) is 2.06. The highest BCUT2D eigenvalue weighted by Crippen LogP contribution is 2.18. The molecule has 0 aliphatic carbocycles. The third-order valence-corrected chi connectivity index (χ3v) is 2.96. The smallest absolute Gasteiger partial charge is 0.0991 e. The molecule has 0 amide bonds. The van der Waals surface area contributed by atoms with Gasteiger partial charge in [-0.25, -0.2) is 4.98 Å². The van der Waals surface area contributed by atoms with Gasteiger partial charge in [0.25, 0.3) is 0 Å². The topological polar surface area (TPSA) is 41.6 Å². The van der Waals surface area contributed by atoms with E-state index in [2.05, 4.69) is 29.3 Å². The first-order chi connectivity index (χ1) is 8.85. The van der Waals surface area contributed by atoms with Crippen molar-refractivity contribution in [2.75, 3.05) is 0 Å². The Bertz CT molecular complexity index is 721. The van der Waals surface area contributed by atoms with Crippen molar-refractivity contribution >= 4 is 10.8 Å². The van der Waals surface area contributed by atoms with Crippen molar-refractivity contribution in [3.8, 4) is 6.07 Å². The van der Waals surface area contributed by atoms with Crippen LogP contribution >= 0.6 is 0 Å². The molecular weight excluding hydrogens is 222 g/mol. The van der Waals surface area contributed by atoms with Gasteiger partial charge in [-0.3, -0.25) is 0 Å². The Morgan fingerprint density at radius 2 is 2.00 bits per heavy atom. The zero-order chi connectivity index (χ0) is 12.4. The summed E-state index contributed by atoms with van der Waals surface area (Å²) in [5.41, 5.74) is 1.90. The van der Waals surface area contributed by atoms with Gasteiger partial charge >= 0.3 is 0 Å². The second-order valence-electron chi connectivity index (χ2n) is 4.24. The van der Waals surface area contributed by atoms with E-state index >= 15 is 0 Å². The summed E-state index contributed by atoms with van der Waals surface area (Å²) in [6, 6.07) is 14.2. The highest BCUT2D eigenvalue weighted by molar-refractivity contribution is 5.84. The molecule has 0 unspecified atom stereocenters. The van der Waals surface area contributed by atoms with Crippen molar-refractivity contribution < 1.29 is 0 Å². The van der Waals surface area contributed by atoms with Gasteiger partial charge in [-0.05, 0) is 34.5 Å². The van der Waals surface area contributed by atoms with E-state index in [0.29, 0.717) is 5.56 Å². The molecule has 0 N–H and O–H groups in total. The van der Waals surface area contributed by atoms with Crippen molar-refractivity contribution in [2.24, 2.45) is 0 Å².